The van der Waals surface area contributed by atoms with Crippen LogP contribution in [0.5, 0.6) is 0 Å². The molecule has 0 aliphatic rings. The van der Waals surface area contributed by atoms with E-state index in [0.29, 0.717) is 18.5 Å². The molecule has 1 aromatic heterocycles. The van der Waals surface area contributed by atoms with Gasteiger partial charge in [0.15, 0.2) is 0 Å². The molecule has 0 spiro atoms. The second-order valence-electron chi connectivity index (χ2n) is 10.1. The number of para-hydroxylation sites is 1. The molecule has 8 nitrogen and oxygen atoms in total. The molecule has 0 bridgehead atoms. The van der Waals surface area contributed by atoms with Crippen LogP contribution in [-0.2, 0) is 20.8 Å². The fourth-order valence-electron chi connectivity index (χ4n) is 4.67. The van der Waals surface area contributed by atoms with Gasteiger partial charge in [0.25, 0.3) is 5.91 Å². The quantitative estimate of drug-likeness (QED) is 0.101. The lowest BCUT2D eigenvalue weighted by Crippen LogP contribution is -2.50. The average molecular weight is 549 g/mol. The Kier molecular flexibility index (Phi) is 9.22. The van der Waals surface area contributed by atoms with Crippen LogP contribution in [0.2, 0.25) is 0 Å². The monoisotopic (exact) mass is 548 g/mol. The van der Waals surface area contributed by atoms with Gasteiger partial charge in [-0.3, -0.25) is 19.6 Å². The van der Waals surface area contributed by atoms with E-state index in [9.17, 15) is 14.4 Å². The number of alkyl halides is 1. The molecule has 0 radical (unpaired) electrons. The lowest BCUT2D eigenvalue weighted by Gasteiger charge is -2.25. The predicted molar refractivity (Wildman–Crippen MR) is 154 cm³/mol. The second kappa shape index (κ2) is 12.8. The van der Waals surface area contributed by atoms with E-state index in [1.165, 1.54) is 5.48 Å². The van der Waals surface area contributed by atoms with E-state index in [2.05, 4.69) is 15.6 Å². The Balaban J connectivity index is 1.61. The summed E-state index contributed by atoms with van der Waals surface area (Å²) in [6.45, 7) is 4.00. The van der Waals surface area contributed by atoms with Crippen molar-refractivity contribution < 1.29 is 19.6 Å². The van der Waals surface area contributed by atoms with Crippen LogP contribution in [0.1, 0.15) is 32.3 Å². The number of anilines is 1. The van der Waals surface area contributed by atoms with Crippen molar-refractivity contribution in [2.24, 2.45) is 11.8 Å². The van der Waals surface area contributed by atoms with Gasteiger partial charge in [0.2, 0.25) is 11.8 Å². The smallest absolute Gasteiger partial charge is 0.262 e. The SMILES string of the molecule is CC(C)CC[C@@H](C(=O)N[C@@H](Cc1c[nH]c2ccccc12)C(=O)Nc1ccc2ccccc2c1)[C@@H](Cl)C(=O)NO. The zero-order chi connectivity index (χ0) is 27.9. The minimum atomic E-state index is -1.30. The van der Waals surface area contributed by atoms with Gasteiger partial charge in [-0.25, -0.2) is 5.48 Å². The summed E-state index contributed by atoms with van der Waals surface area (Å²) in [5, 5.41) is 16.6. The lowest BCUT2D eigenvalue weighted by molar-refractivity contribution is -0.135. The molecule has 3 amide bonds. The van der Waals surface area contributed by atoms with Crippen LogP contribution in [0, 0.1) is 11.8 Å². The first kappa shape index (κ1) is 28.1. The van der Waals surface area contributed by atoms with Crippen LogP contribution in [0.4, 0.5) is 5.69 Å². The summed E-state index contributed by atoms with van der Waals surface area (Å²) in [6.07, 6.45) is 2.99. The maximum Gasteiger partial charge on any atom is 0.262 e. The van der Waals surface area contributed by atoms with E-state index in [-0.39, 0.29) is 12.3 Å². The van der Waals surface area contributed by atoms with Gasteiger partial charge in [0.05, 0.1) is 5.92 Å². The summed E-state index contributed by atoms with van der Waals surface area (Å²) < 4.78 is 0. The Morgan fingerprint density at radius 2 is 1.62 bits per heavy atom. The van der Waals surface area contributed by atoms with Crippen LogP contribution in [0.15, 0.2) is 72.9 Å². The average Bonchev–Trinajstić information content (AvgIpc) is 3.34. The first-order valence-corrected chi connectivity index (χ1v) is 13.4. The molecule has 5 N–H and O–H groups in total. The normalized spacial score (nSPS) is 13.7. The first-order chi connectivity index (χ1) is 18.8. The van der Waals surface area contributed by atoms with Gasteiger partial charge in [-0.15, -0.1) is 11.6 Å². The number of nitrogens with one attached hydrogen (secondary N) is 4. The number of amides is 3. The molecule has 9 heteroatoms. The van der Waals surface area contributed by atoms with Gasteiger partial charge < -0.3 is 15.6 Å². The summed E-state index contributed by atoms with van der Waals surface area (Å²) in [5.74, 6) is -2.48. The van der Waals surface area contributed by atoms with E-state index in [0.717, 1.165) is 27.2 Å². The van der Waals surface area contributed by atoms with E-state index in [1.54, 1.807) is 0 Å². The third-order valence-corrected chi connectivity index (χ3v) is 7.36. The van der Waals surface area contributed by atoms with Gasteiger partial charge >= 0.3 is 0 Å². The van der Waals surface area contributed by atoms with Crippen molar-refractivity contribution in [1.29, 1.82) is 0 Å². The number of aromatic nitrogens is 1. The zero-order valence-electron chi connectivity index (χ0n) is 21.9. The molecule has 0 aliphatic carbocycles. The number of hydrogen-bond donors (Lipinski definition) is 5. The molecular weight excluding hydrogens is 516 g/mol. The molecule has 3 atom stereocenters. The Morgan fingerprint density at radius 3 is 2.36 bits per heavy atom. The minimum absolute atomic E-state index is 0.214. The van der Waals surface area contributed by atoms with Crippen LogP contribution in [-0.4, -0.2) is 39.3 Å². The summed E-state index contributed by atoms with van der Waals surface area (Å²) in [6, 6.07) is 20.2. The Hall–Kier alpha value is -3.88. The van der Waals surface area contributed by atoms with Gasteiger partial charge in [-0.05, 0) is 46.9 Å². The molecule has 1 heterocycles. The predicted octanol–water partition coefficient (Wildman–Crippen LogP) is 5.15. The number of H-pyrrole nitrogens is 1. The minimum Gasteiger partial charge on any atom is -0.361 e. The van der Waals surface area contributed by atoms with Crippen LogP contribution >= 0.6 is 11.6 Å². The van der Waals surface area contributed by atoms with Gasteiger partial charge in [0, 0.05) is 29.2 Å². The molecule has 3 aromatic carbocycles. The maximum atomic E-state index is 13.6. The second-order valence-corrected chi connectivity index (χ2v) is 10.6. The molecule has 39 heavy (non-hydrogen) atoms. The number of aromatic amines is 1. The van der Waals surface area contributed by atoms with Gasteiger partial charge in [-0.1, -0.05) is 68.8 Å². The van der Waals surface area contributed by atoms with Crippen molar-refractivity contribution in [2.45, 2.75) is 44.5 Å². The van der Waals surface area contributed by atoms with Crippen LogP contribution in [0.3, 0.4) is 0 Å². The third kappa shape index (κ3) is 6.96. The van der Waals surface area contributed by atoms with E-state index >= 15 is 0 Å². The zero-order valence-corrected chi connectivity index (χ0v) is 22.7. The Morgan fingerprint density at radius 1 is 0.897 bits per heavy atom. The molecule has 4 rings (SSSR count). The van der Waals surface area contributed by atoms with Crippen molar-refractivity contribution in [1.82, 2.24) is 15.8 Å². The highest BCUT2D eigenvalue weighted by Gasteiger charge is 2.34. The number of benzene rings is 3. The fourth-order valence-corrected chi connectivity index (χ4v) is 4.96. The molecule has 0 saturated carbocycles. The van der Waals surface area contributed by atoms with Gasteiger partial charge in [0.1, 0.15) is 11.4 Å². The molecule has 0 unspecified atom stereocenters. The van der Waals surface area contributed by atoms with Crippen molar-refractivity contribution in [3.8, 4) is 0 Å². The van der Waals surface area contributed by atoms with Crippen molar-refractivity contribution in [3.05, 3.63) is 78.5 Å². The maximum absolute atomic E-state index is 13.6. The van der Waals surface area contributed by atoms with Crippen LogP contribution < -0.4 is 16.1 Å². The highest BCUT2D eigenvalue weighted by molar-refractivity contribution is 6.32. The largest absolute Gasteiger partial charge is 0.361 e. The van der Waals surface area contributed by atoms with Crippen molar-refractivity contribution in [3.63, 3.8) is 0 Å². The molecule has 0 aliphatic heterocycles. The summed E-state index contributed by atoms with van der Waals surface area (Å²) in [7, 11) is 0. The first-order valence-electron chi connectivity index (χ1n) is 13.0. The number of hydroxylamine groups is 1. The van der Waals surface area contributed by atoms with Crippen molar-refractivity contribution in [2.75, 3.05) is 5.32 Å². The van der Waals surface area contributed by atoms with Crippen molar-refractivity contribution >= 4 is 56.7 Å². The van der Waals surface area contributed by atoms with Crippen LogP contribution in [0.25, 0.3) is 21.7 Å². The number of fused-ring (bicyclic) bond motifs is 2. The third-order valence-electron chi connectivity index (χ3n) is 6.85. The number of halogens is 1. The number of rotatable bonds is 11. The molecule has 0 fully saturated rings. The highest BCUT2D eigenvalue weighted by Crippen LogP contribution is 2.24. The molecule has 4 aromatic rings. The fraction of sp³-hybridized carbons (Fsp3) is 0.300. The molecular formula is C30H33ClN4O4. The number of carbonyl (C=O) groups is 3. The standard InChI is InChI=1S/C30H33ClN4O4/c1-18(2)11-14-24(27(31)30(38)35-39)28(36)34-26(16-21-17-32-25-10-6-5-9-23(21)25)29(37)33-22-13-12-19-7-3-4-8-20(19)15-22/h3-10,12-13,15,17-18,24,26-27,32,39H,11,14,16H2,1-2H3,(H,33,37)(H,34,36)(H,35,38)/t24-,26+,27-/m1/s1. The molecule has 204 valence electrons. The summed E-state index contributed by atoms with van der Waals surface area (Å²) in [5.41, 5.74) is 3.91. The van der Waals surface area contributed by atoms with E-state index in [4.69, 9.17) is 16.8 Å². The summed E-state index contributed by atoms with van der Waals surface area (Å²) in [4.78, 5) is 42.4. The Bertz CT molecular complexity index is 1470. The number of hydrogen-bond acceptors (Lipinski definition) is 4. The Labute approximate surface area is 232 Å². The highest BCUT2D eigenvalue weighted by atomic mass is 35.5. The molecule has 0 saturated heterocycles. The number of carbonyl (C=O) groups excluding carboxylic acids is 3. The topological polar surface area (TPSA) is 123 Å². The summed E-state index contributed by atoms with van der Waals surface area (Å²) >= 11 is 6.31. The lowest BCUT2D eigenvalue weighted by atomic mass is 9.93. The van der Waals surface area contributed by atoms with E-state index < -0.39 is 35.1 Å². The van der Waals surface area contributed by atoms with Gasteiger partial charge in [-0.2, -0.15) is 0 Å². The van der Waals surface area contributed by atoms with E-state index in [1.807, 2.05) is 86.8 Å².